The second kappa shape index (κ2) is 7.46. The summed E-state index contributed by atoms with van der Waals surface area (Å²) in [7, 11) is 0. The van der Waals surface area contributed by atoms with Crippen molar-refractivity contribution in [2.75, 3.05) is 6.54 Å². The quantitative estimate of drug-likeness (QED) is 0.802. The molecule has 2 N–H and O–H groups in total. The number of nitrogens with zero attached hydrogens (tertiary/aromatic N) is 1. The first-order valence-corrected chi connectivity index (χ1v) is 6.94. The Morgan fingerprint density at radius 2 is 1.95 bits per heavy atom. The van der Waals surface area contributed by atoms with Crippen molar-refractivity contribution in [3.05, 3.63) is 29.8 Å². The van der Waals surface area contributed by atoms with E-state index in [9.17, 15) is 9.59 Å². The van der Waals surface area contributed by atoms with Crippen LogP contribution in [0.5, 0.6) is 5.75 Å². The molecular formula is C16H20N2O4. The molecule has 0 aliphatic carbocycles. The van der Waals surface area contributed by atoms with Crippen molar-refractivity contribution >= 4 is 11.9 Å². The van der Waals surface area contributed by atoms with Crippen molar-refractivity contribution in [3.8, 4) is 11.8 Å². The average molecular weight is 304 g/mol. The summed E-state index contributed by atoms with van der Waals surface area (Å²) in [6.07, 6.45) is -0.377. The largest absolute Gasteiger partial charge is 0.481 e. The number of hydrogen-bond acceptors (Lipinski definition) is 4. The van der Waals surface area contributed by atoms with Crippen molar-refractivity contribution in [2.24, 2.45) is 5.41 Å². The molecule has 22 heavy (non-hydrogen) atoms. The maximum Gasteiger partial charge on any atom is 0.309 e. The number of aliphatic carboxylic acids is 1. The molecule has 0 heterocycles. The van der Waals surface area contributed by atoms with Gasteiger partial charge in [-0.05, 0) is 51.5 Å². The van der Waals surface area contributed by atoms with Crippen LogP contribution in [0.3, 0.4) is 0 Å². The highest BCUT2D eigenvalue weighted by atomic mass is 16.5. The van der Waals surface area contributed by atoms with E-state index in [2.05, 4.69) is 5.32 Å². The molecule has 0 radical (unpaired) electrons. The first kappa shape index (κ1) is 17.5. The highest BCUT2D eigenvalue weighted by molar-refractivity contribution is 5.80. The number of carboxylic acid groups (broad SMARTS) is 1. The molecule has 0 aliphatic rings. The molecule has 1 amide bonds. The highest BCUT2D eigenvalue weighted by Gasteiger charge is 2.27. The Morgan fingerprint density at radius 1 is 1.36 bits per heavy atom. The minimum Gasteiger partial charge on any atom is -0.481 e. The molecule has 118 valence electrons. The summed E-state index contributed by atoms with van der Waals surface area (Å²) in [5, 5.41) is 20.4. The van der Waals surface area contributed by atoms with Gasteiger partial charge in [-0.1, -0.05) is 0 Å². The topological polar surface area (TPSA) is 99.4 Å². The summed E-state index contributed by atoms with van der Waals surface area (Å²) in [4.78, 5) is 22.9. The van der Waals surface area contributed by atoms with Crippen molar-refractivity contribution in [1.82, 2.24) is 5.32 Å². The fourth-order valence-corrected chi connectivity index (χ4v) is 1.61. The second-order valence-corrected chi connectivity index (χ2v) is 5.63. The number of nitrogens with one attached hydrogen (secondary N) is 1. The van der Waals surface area contributed by atoms with Crippen LogP contribution in [0, 0.1) is 16.7 Å². The van der Waals surface area contributed by atoms with Gasteiger partial charge >= 0.3 is 5.97 Å². The normalized spacial score (nSPS) is 12.1. The molecule has 6 heteroatoms. The Morgan fingerprint density at radius 3 is 2.45 bits per heavy atom. The Bertz CT molecular complexity index is 573. The summed E-state index contributed by atoms with van der Waals surface area (Å²) in [6.45, 7) is 5.09. The number of carboxylic acids is 1. The van der Waals surface area contributed by atoms with Crippen molar-refractivity contribution in [1.29, 1.82) is 5.26 Å². The number of benzene rings is 1. The predicted octanol–water partition coefficient (Wildman–Crippen LogP) is 1.94. The smallest absolute Gasteiger partial charge is 0.309 e. The Hall–Kier alpha value is -2.55. The minimum atomic E-state index is -0.899. The number of amides is 1. The third kappa shape index (κ3) is 5.09. The number of nitriles is 1. The molecule has 0 fully saturated rings. The maximum atomic E-state index is 11.9. The zero-order valence-electron chi connectivity index (χ0n) is 12.9. The zero-order valence-corrected chi connectivity index (χ0v) is 12.9. The van der Waals surface area contributed by atoms with Gasteiger partial charge in [0.15, 0.2) is 6.10 Å². The minimum absolute atomic E-state index is 0.263. The third-order valence-electron chi connectivity index (χ3n) is 3.29. The van der Waals surface area contributed by atoms with E-state index >= 15 is 0 Å². The lowest BCUT2D eigenvalue weighted by Gasteiger charge is -2.20. The van der Waals surface area contributed by atoms with Crippen LogP contribution >= 0.6 is 0 Å². The van der Waals surface area contributed by atoms with Crippen LogP contribution in [0.1, 0.15) is 32.8 Å². The van der Waals surface area contributed by atoms with Crippen LogP contribution in [0.2, 0.25) is 0 Å². The lowest BCUT2D eigenvalue weighted by Crippen LogP contribution is -2.39. The number of rotatable bonds is 7. The molecule has 0 saturated heterocycles. The van der Waals surface area contributed by atoms with E-state index in [0.29, 0.717) is 17.7 Å². The van der Waals surface area contributed by atoms with E-state index in [1.807, 2.05) is 6.07 Å². The first-order chi connectivity index (χ1) is 10.3. The highest BCUT2D eigenvalue weighted by Crippen LogP contribution is 2.19. The van der Waals surface area contributed by atoms with Gasteiger partial charge in [-0.15, -0.1) is 0 Å². The Labute approximate surface area is 129 Å². The van der Waals surface area contributed by atoms with Crippen LogP contribution in [0.25, 0.3) is 0 Å². The fourth-order valence-electron chi connectivity index (χ4n) is 1.61. The standard InChI is InChI=1S/C16H20N2O4/c1-11(22-13-6-4-12(10-17)5-7-13)14(19)18-9-8-16(2,3)15(20)21/h4-7,11H,8-9H2,1-3H3,(H,18,19)(H,20,21). The molecular weight excluding hydrogens is 284 g/mol. The van der Waals surface area contributed by atoms with Crippen LogP contribution in [-0.4, -0.2) is 29.6 Å². The molecule has 1 atom stereocenters. The number of ether oxygens (including phenoxy) is 1. The van der Waals surface area contributed by atoms with E-state index < -0.39 is 17.5 Å². The third-order valence-corrected chi connectivity index (χ3v) is 3.29. The molecule has 6 nitrogen and oxygen atoms in total. The van der Waals surface area contributed by atoms with Gasteiger partial charge in [0.05, 0.1) is 17.0 Å². The predicted molar refractivity (Wildman–Crippen MR) is 80.3 cm³/mol. The van der Waals surface area contributed by atoms with Crippen LogP contribution in [-0.2, 0) is 9.59 Å². The van der Waals surface area contributed by atoms with Gasteiger partial charge in [0, 0.05) is 6.54 Å². The van der Waals surface area contributed by atoms with Gasteiger partial charge in [0.1, 0.15) is 5.75 Å². The van der Waals surface area contributed by atoms with Crippen molar-refractivity contribution in [2.45, 2.75) is 33.3 Å². The molecule has 0 spiro atoms. The monoisotopic (exact) mass is 304 g/mol. The van der Waals surface area contributed by atoms with Gasteiger partial charge in [0.25, 0.3) is 5.91 Å². The number of carbonyl (C=O) groups is 2. The summed E-state index contributed by atoms with van der Waals surface area (Å²) in [6, 6.07) is 8.45. The van der Waals surface area contributed by atoms with Gasteiger partial charge in [-0.25, -0.2) is 0 Å². The molecule has 0 aromatic heterocycles. The van der Waals surface area contributed by atoms with Gasteiger partial charge in [0.2, 0.25) is 0 Å². The number of carbonyl (C=O) groups excluding carboxylic acids is 1. The van der Waals surface area contributed by atoms with E-state index in [1.165, 1.54) is 0 Å². The van der Waals surface area contributed by atoms with Crippen LogP contribution < -0.4 is 10.1 Å². The van der Waals surface area contributed by atoms with E-state index in [4.69, 9.17) is 15.1 Å². The summed E-state index contributed by atoms with van der Waals surface area (Å²) >= 11 is 0. The van der Waals surface area contributed by atoms with E-state index in [1.54, 1.807) is 45.0 Å². The second-order valence-electron chi connectivity index (χ2n) is 5.63. The maximum absolute atomic E-state index is 11.9. The molecule has 0 saturated carbocycles. The molecule has 1 aromatic rings. The van der Waals surface area contributed by atoms with Gasteiger partial charge < -0.3 is 15.2 Å². The van der Waals surface area contributed by atoms with Crippen molar-refractivity contribution in [3.63, 3.8) is 0 Å². The summed E-state index contributed by atoms with van der Waals surface area (Å²) in [5.74, 6) is -0.721. The Balaban J connectivity index is 2.45. The van der Waals surface area contributed by atoms with Crippen LogP contribution in [0.15, 0.2) is 24.3 Å². The molecule has 1 aromatic carbocycles. The lowest BCUT2D eigenvalue weighted by molar-refractivity contribution is -0.147. The zero-order chi connectivity index (χ0) is 16.8. The van der Waals surface area contributed by atoms with E-state index in [-0.39, 0.29) is 12.5 Å². The van der Waals surface area contributed by atoms with Crippen LogP contribution in [0.4, 0.5) is 0 Å². The molecule has 0 aliphatic heterocycles. The molecule has 1 rings (SSSR count). The van der Waals surface area contributed by atoms with Crippen molar-refractivity contribution < 1.29 is 19.4 Å². The summed E-state index contributed by atoms with van der Waals surface area (Å²) in [5.41, 5.74) is -0.370. The molecule has 0 bridgehead atoms. The molecule has 1 unspecified atom stereocenters. The number of hydrogen-bond donors (Lipinski definition) is 2. The average Bonchev–Trinajstić information content (AvgIpc) is 2.47. The SMILES string of the molecule is CC(Oc1ccc(C#N)cc1)C(=O)NCCC(C)(C)C(=O)O. The summed E-state index contributed by atoms with van der Waals surface area (Å²) < 4.78 is 5.47. The fraction of sp³-hybridized carbons (Fsp3) is 0.438. The van der Waals surface area contributed by atoms with E-state index in [0.717, 1.165) is 0 Å². The Kier molecular flexibility index (Phi) is 5.93. The first-order valence-electron chi connectivity index (χ1n) is 6.94. The van der Waals surface area contributed by atoms with Gasteiger partial charge in [-0.3, -0.25) is 9.59 Å². The van der Waals surface area contributed by atoms with Gasteiger partial charge in [-0.2, -0.15) is 5.26 Å². The lowest BCUT2D eigenvalue weighted by atomic mass is 9.90.